The minimum absolute atomic E-state index is 0.834. The maximum atomic E-state index is 3.47. The first-order chi connectivity index (χ1) is 9.08. The van der Waals surface area contributed by atoms with E-state index in [1.165, 1.54) is 64.8 Å². The Morgan fingerprint density at radius 3 is 1.89 bits per heavy atom. The predicted octanol–water partition coefficient (Wildman–Crippen LogP) is 3.77. The van der Waals surface area contributed by atoms with Gasteiger partial charge in [0.2, 0.25) is 0 Å². The topological polar surface area (TPSA) is 15.3 Å². The lowest BCUT2D eigenvalue weighted by Gasteiger charge is -2.28. The Morgan fingerprint density at radius 2 is 1.42 bits per heavy atom. The van der Waals surface area contributed by atoms with Gasteiger partial charge in [0.15, 0.2) is 0 Å². The van der Waals surface area contributed by atoms with Crippen molar-refractivity contribution in [2.75, 3.05) is 32.7 Å². The van der Waals surface area contributed by atoms with Gasteiger partial charge in [-0.15, -0.1) is 0 Å². The van der Waals surface area contributed by atoms with E-state index in [0.717, 1.165) is 17.8 Å². The molecular weight excluding hydrogens is 232 g/mol. The van der Waals surface area contributed by atoms with Crippen molar-refractivity contribution in [2.45, 2.75) is 59.8 Å². The predicted molar refractivity (Wildman–Crippen MR) is 85.6 cm³/mol. The van der Waals surface area contributed by atoms with Gasteiger partial charge in [0.05, 0.1) is 0 Å². The molecule has 1 N–H and O–H groups in total. The van der Waals surface area contributed by atoms with Crippen molar-refractivity contribution < 1.29 is 0 Å². The number of hydrogen-bond acceptors (Lipinski definition) is 2. The van der Waals surface area contributed by atoms with Crippen LogP contribution in [0.15, 0.2) is 0 Å². The van der Waals surface area contributed by atoms with Crippen molar-refractivity contribution in [3.05, 3.63) is 0 Å². The van der Waals surface area contributed by atoms with Crippen LogP contribution >= 0.6 is 0 Å². The van der Waals surface area contributed by atoms with Gasteiger partial charge in [-0.25, -0.2) is 0 Å². The number of nitrogens with zero attached hydrogens (tertiary/aromatic N) is 1. The highest BCUT2D eigenvalue weighted by molar-refractivity contribution is 4.71. The lowest BCUT2D eigenvalue weighted by atomic mass is 9.94. The van der Waals surface area contributed by atoms with E-state index in [1.54, 1.807) is 0 Å². The molecule has 2 heteroatoms. The second kappa shape index (κ2) is 9.77. The first-order valence-corrected chi connectivity index (χ1v) is 8.51. The third-order valence-corrected chi connectivity index (χ3v) is 4.36. The number of rotatable bonds is 9. The first kappa shape index (κ1) is 17.0. The van der Waals surface area contributed by atoms with E-state index < -0.39 is 0 Å². The summed E-state index contributed by atoms with van der Waals surface area (Å²) >= 11 is 0. The van der Waals surface area contributed by atoms with Crippen molar-refractivity contribution >= 4 is 0 Å². The van der Waals surface area contributed by atoms with Crippen molar-refractivity contribution in [3.8, 4) is 0 Å². The maximum Gasteiger partial charge on any atom is -0.00161 e. The fourth-order valence-corrected chi connectivity index (χ4v) is 2.75. The Morgan fingerprint density at radius 1 is 0.895 bits per heavy atom. The summed E-state index contributed by atoms with van der Waals surface area (Å²) < 4.78 is 0. The van der Waals surface area contributed by atoms with Gasteiger partial charge in [0.25, 0.3) is 0 Å². The largest absolute Gasteiger partial charge is 0.317 e. The normalized spacial score (nSPS) is 17.8. The molecule has 0 aliphatic carbocycles. The van der Waals surface area contributed by atoms with Crippen LogP contribution in [0.25, 0.3) is 0 Å². The minimum Gasteiger partial charge on any atom is -0.317 e. The summed E-state index contributed by atoms with van der Waals surface area (Å²) in [5.41, 5.74) is 0. The number of nitrogens with one attached hydrogen (secondary N) is 1. The molecule has 0 aromatic heterocycles. The molecule has 0 spiro atoms. The second-order valence-electron chi connectivity index (χ2n) is 7.19. The van der Waals surface area contributed by atoms with Gasteiger partial charge in [-0.2, -0.15) is 0 Å². The van der Waals surface area contributed by atoms with E-state index in [-0.39, 0.29) is 0 Å². The van der Waals surface area contributed by atoms with Gasteiger partial charge in [-0.1, -0.05) is 27.7 Å². The van der Waals surface area contributed by atoms with Gasteiger partial charge in [-0.3, -0.25) is 0 Å². The molecule has 0 bridgehead atoms. The van der Waals surface area contributed by atoms with E-state index in [9.17, 15) is 0 Å². The second-order valence-corrected chi connectivity index (χ2v) is 7.19. The Hall–Kier alpha value is -0.0800. The van der Waals surface area contributed by atoms with E-state index in [1.807, 2.05) is 0 Å². The lowest BCUT2D eigenvalue weighted by molar-refractivity contribution is 0.215. The third-order valence-electron chi connectivity index (χ3n) is 4.36. The summed E-state index contributed by atoms with van der Waals surface area (Å²) in [5.74, 6) is 2.64. The average molecular weight is 268 g/mol. The first-order valence-electron chi connectivity index (χ1n) is 8.51. The highest BCUT2D eigenvalue weighted by Gasteiger charge is 2.15. The van der Waals surface area contributed by atoms with Crippen LogP contribution in [0.5, 0.6) is 0 Å². The quantitative estimate of drug-likeness (QED) is 0.685. The summed E-state index contributed by atoms with van der Waals surface area (Å²) in [6.45, 7) is 15.8. The molecule has 114 valence electrons. The number of piperidine rings is 1. The third kappa shape index (κ3) is 8.65. The zero-order valence-corrected chi connectivity index (χ0v) is 13.8. The van der Waals surface area contributed by atoms with Crippen LogP contribution in [0.3, 0.4) is 0 Å². The van der Waals surface area contributed by atoms with Gasteiger partial charge in [0, 0.05) is 0 Å². The maximum absolute atomic E-state index is 3.47. The molecule has 0 atom stereocenters. The Balaban J connectivity index is 2.25. The molecule has 0 aromatic carbocycles. The van der Waals surface area contributed by atoms with E-state index in [0.29, 0.717) is 0 Å². The monoisotopic (exact) mass is 268 g/mol. The lowest BCUT2D eigenvalue weighted by Crippen LogP contribution is -2.33. The van der Waals surface area contributed by atoms with Gasteiger partial charge in [-0.05, 0) is 82.6 Å². The molecule has 1 fully saturated rings. The minimum atomic E-state index is 0.834. The molecule has 0 radical (unpaired) electrons. The summed E-state index contributed by atoms with van der Waals surface area (Å²) in [6, 6.07) is 0. The fraction of sp³-hybridized carbons (Fsp3) is 1.00. The van der Waals surface area contributed by atoms with Crippen molar-refractivity contribution in [1.29, 1.82) is 0 Å². The molecule has 1 saturated heterocycles. The summed E-state index contributed by atoms with van der Waals surface area (Å²) in [6.07, 6.45) is 6.90. The molecule has 1 heterocycles. The molecule has 0 saturated carbocycles. The molecule has 1 aliphatic rings. The van der Waals surface area contributed by atoms with Crippen LogP contribution in [0.1, 0.15) is 59.8 Å². The summed E-state index contributed by atoms with van der Waals surface area (Å²) in [7, 11) is 0. The average Bonchev–Trinajstić information content (AvgIpc) is 2.38. The highest BCUT2D eigenvalue weighted by atomic mass is 15.1. The van der Waals surface area contributed by atoms with E-state index in [2.05, 4.69) is 37.9 Å². The molecule has 0 amide bonds. The Labute approximate surface area is 121 Å². The zero-order chi connectivity index (χ0) is 14.1. The van der Waals surface area contributed by atoms with Gasteiger partial charge in [0.1, 0.15) is 0 Å². The van der Waals surface area contributed by atoms with Crippen molar-refractivity contribution in [2.24, 2.45) is 17.8 Å². The molecule has 19 heavy (non-hydrogen) atoms. The highest BCUT2D eigenvalue weighted by Crippen LogP contribution is 2.17. The van der Waals surface area contributed by atoms with Crippen LogP contribution < -0.4 is 5.32 Å². The van der Waals surface area contributed by atoms with Gasteiger partial charge >= 0.3 is 0 Å². The molecular formula is C17H36N2. The zero-order valence-electron chi connectivity index (χ0n) is 13.8. The van der Waals surface area contributed by atoms with Crippen molar-refractivity contribution in [3.63, 3.8) is 0 Å². The smallest absolute Gasteiger partial charge is 0.00161 e. The van der Waals surface area contributed by atoms with Crippen molar-refractivity contribution in [1.82, 2.24) is 10.2 Å². The SMILES string of the molecule is CC(C)CCN(CCC(C)C)CCC1CCNCC1. The molecule has 2 nitrogen and oxygen atoms in total. The van der Waals surface area contributed by atoms with Gasteiger partial charge < -0.3 is 10.2 Å². The standard InChI is InChI=1S/C17H36N2/c1-15(2)7-12-19(13-8-16(3)4)14-9-17-5-10-18-11-6-17/h15-18H,5-14H2,1-4H3. The van der Waals surface area contributed by atoms with Crippen LogP contribution in [0, 0.1) is 17.8 Å². The molecule has 0 aromatic rings. The fourth-order valence-electron chi connectivity index (χ4n) is 2.75. The van der Waals surface area contributed by atoms with Crippen LogP contribution in [-0.4, -0.2) is 37.6 Å². The molecule has 0 unspecified atom stereocenters. The Kier molecular flexibility index (Phi) is 8.72. The Bertz CT molecular complexity index is 195. The van der Waals surface area contributed by atoms with E-state index >= 15 is 0 Å². The summed E-state index contributed by atoms with van der Waals surface area (Å²) in [5, 5.41) is 3.47. The van der Waals surface area contributed by atoms with E-state index in [4.69, 9.17) is 0 Å². The molecule has 1 aliphatic heterocycles. The molecule has 1 rings (SSSR count). The summed E-state index contributed by atoms with van der Waals surface area (Å²) in [4.78, 5) is 2.72. The van der Waals surface area contributed by atoms with Crippen LogP contribution in [0.2, 0.25) is 0 Å². The van der Waals surface area contributed by atoms with Crippen LogP contribution in [-0.2, 0) is 0 Å². The number of hydrogen-bond donors (Lipinski definition) is 1. The van der Waals surface area contributed by atoms with Crippen LogP contribution in [0.4, 0.5) is 0 Å².